The van der Waals surface area contributed by atoms with Gasteiger partial charge in [-0.2, -0.15) is 13.2 Å². The first-order chi connectivity index (χ1) is 26.2. The van der Waals surface area contributed by atoms with Gasteiger partial charge in [0.15, 0.2) is 0 Å². The molecule has 0 unspecified atom stereocenters. The molecule has 0 amide bonds. The highest BCUT2D eigenvalue weighted by molar-refractivity contribution is 5.87. The van der Waals surface area contributed by atoms with Crippen LogP contribution in [0.2, 0.25) is 0 Å². The molecule has 2 aromatic carbocycles. The summed E-state index contributed by atoms with van der Waals surface area (Å²) in [6, 6.07) is 12.5. The molecule has 0 bridgehead atoms. The van der Waals surface area contributed by atoms with E-state index in [0.717, 1.165) is 87.7 Å². The Morgan fingerprint density at radius 2 is 1.57 bits per heavy atom. The summed E-state index contributed by atoms with van der Waals surface area (Å²) in [7, 11) is 1.63. The molecule has 0 aliphatic heterocycles. The average Bonchev–Trinajstić information content (AvgIpc) is 3.15. The molecule has 0 radical (unpaired) electrons. The van der Waals surface area contributed by atoms with Crippen molar-refractivity contribution in [2.75, 3.05) is 7.11 Å². The summed E-state index contributed by atoms with van der Waals surface area (Å²) in [5.74, 6) is 1.34. The number of ether oxygens (including phenoxy) is 3. The minimum absolute atomic E-state index is 0.00513. The Balaban J connectivity index is 1.07. The normalized spacial score (nSPS) is 37.6. The van der Waals surface area contributed by atoms with Gasteiger partial charge in [0.2, 0.25) is 0 Å². The van der Waals surface area contributed by atoms with E-state index in [1.54, 1.807) is 18.8 Å². The van der Waals surface area contributed by atoms with E-state index in [2.05, 4.69) is 47.6 Å². The Morgan fingerprint density at radius 1 is 0.857 bits per heavy atom. The molecule has 0 N–H and O–H groups in total. The van der Waals surface area contributed by atoms with Crippen LogP contribution < -0.4 is 4.74 Å². The lowest BCUT2D eigenvalue weighted by Gasteiger charge is -2.71. The van der Waals surface area contributed by atoms with Gasteiger partial charge < -0.3 is 14.2 Å². The summed E-state index contributed by atoms with van der Waals surface area (Å²) < 4.78 is 56.8. The molecule has 0 spiro atoms. The van der Waals surface area contributed by atoms with Gasteiger partial charge in [-0.25, -0.2) is 4.79 Å². The quantitative estimate of drug-likeness (QED) is 0.159. The SMILES string of the molecule is COc1cccc(/C=C/C(=O)O[C@H]2CC[C@]3(C)[C@H]4CC=C5[C@@H]6C[C@@](C)(C(=O)OCc7ccc(C(F)(F)F)cc7)CC[C@]6(C)CC[C@@]5(C)[C@]4(C)CC[C@H]3C2(C)C)c1. The van der Waals surface area contributed by atoms with Crippen molar-refractivity contribution in [1.29, 1.82) is 0 Å². The summed E-state index contributed by atoms with van der Waals surface area (Å²) >= 11 is 0. The molecule has 4 fully saturated rings. The third-order valence-corrected chi connectivity index (χ3v) is 16.7. The van der Waals surface area contributed by atoms with E-state index >= 15 is 0 Å². The van der Waals surface area contributed by atoms with Crippen LogP contribution in [0.5, 0.6) is 5.75 Å². The number of fused-ring (bicyclic) bond motifs is 7. The van der Waals surface area contributed by atoms with E-state index in [-0.39, 0.29) is 57.6 Å². The minimum atomic E-state index is -4.41. The van der Waals surface area contributed by atoms with Gasteiger partial charge in [-0.3, -0.25) is 4.79 Å². The minimum Gasteiger partial charge on any atom is -0.497 e. The number of benzene rings is 2. The van der Waals surface area contributed by atoms with E-state index in [4.69, 9.17) is 14.2 Å². The van der Waals surface area contributed by atoms with Crippen molar-refractivity contribution in [3.63, 3.8) is 0 Å². The summed E-state index contributed by atoms with van der Waals surface area (Å²) in [6.45, 7) is 16.7. The van der Waals surface area contributed by atoms with E-state index in [9.17, 15) is 22.8 Å². The molecule has 5 aliphatic rings. The number of methoxy groups -OCH3 is 1. The van der Waals surface area contributed by atoms with Crippen molar-refractivity contribution in [3.05, 3.63) is 82.9 Å². The van der Waals surface area contributed by atoms with Crippen molar-refractivity contribution in [2.45, 2.75) is 132 Å². The number of carbonyl (C=O) groups is 2. The van der Waals surface area contributed by atoms with Gasteiger partial charge in [-0.1, -0.05) is 77.5 Å². The molecular weight excluding hydrogens is 714 g/mol. The van der Waals surface area contributed by atoms with E-state index in [1.165, 1.54) is 18.2 Å². The number of alkyl halides is 3. The van der Waals surface area contributed by atoms with Crippen molar-refractivity contribution in [3.8, 4) is 5.75 Å². The number of hydrogen-bond donors (Lipinski definition) is 0. The molecule has 5 aliphatic carbocycles. The lowest BCUT2D eigenvalue weighted by molar-refractivity contribution is -0.211. The highest BCUT2D eigenvalue weighted by Crippen LogP contribution is 2.76. The van der Waals surface area contributed by atoms with Gasteiger partial charge in [-0.15, -0.1) is 0 Å². The third kappa shape index (κ3) is 6.72. The second-order valence-electron chi connectivity index (χ2n) is 19.9. The molecule has 5 nitrogen and oxygen atoms in total. The number of rotatable bonds is 7. The number of esters is 2. The standard InChI is InChI=1S/C48H61F3O5/c1-42(2)37-20-23-47(7)38(45(37,5)22-21-39(42)56-40(52)19-14-31-10-9-11-34(28-31)54-8)18-17-35-36-29-44(4,25-24-43(36,3)26-27-46(35,47)6)41(53)55-30-32-12-15-33(16-13-32)48(49,50)51/h9-17,19,28,36-39H,18,20-27,29-30H2,1-8H3/b19-14+/t36-,37-,38+,39-,43+,44-,45-,46+,47+/m0/s1. The van der Waals surface area contributed by atoms with E-state index < -0.39 is 17.2 Å². The molecule has 4 saturated carbocycles. The topological polar surface area (TPSA) is 61.8 Å². The van der Waals surface area contributed by atoms with E-state index in [0.29, 0.717) is 17.4 Å². The molecule has 0 heterocycles. The number of carbonyl (C=O) groups excluding carboxylic acids is 2. The zero-order chi connectivity index (χ0) is 40.5. The van der Waals surface area contributed by atoms with Gasteiger partial charge in [0.25, 0.3) is 0 Å². The Labute approximate surface area is 331 Å². The lowest BCUT2D eigenvalue weighted by Crippen LogP contribution is -2.64. The largest absolute Gasteiger partial charge is 0.497 e. The van der Waals surface area contributed by atoms with Crippen LogP contribution in [0, 0.1) is 50.2 Å². The van der Waals surface area contributed by atoms with Crippen LogP contribution in [0.1, 0.15) is 129 Å². The Bertz CT molecular complexity index is 1900. The number of halogens is 3. The molecule has 8 heteroatoms. The number of hydrogen-bond acceptors (Lipinski definition) is 5. The maximum atomic E-state index is 13.8. The summed E-state index contributed by atoms with van der Waals surface area (Å²) in [6.07, 6.45) is 11.1. The second kappa shape index (κ2) is 14.1. The van der Waals surface area contributed by atoms with Gasteiger partial charge in [-0.05, 0) is 152 Å². The molecular formula is C48H61F3O5. The Kier molecular flexibility index (Phi) is 10.2. The molecule has 0 saturated heterocycles. The van der Waals surface area contributed by atoms with Crippen molar-refractivity contribution >= 4 is 18.0 Å². The van der Waals surface area contributed by atoms with Crippen LogP contribution in [0.15, 0.2) is 66.3 Å². The van der Waals surface area contributed by atoms with Gasteiger partial charge in [0.05, 0.1) is 18.1 Å². The van der Waals surface area contributed by atoms with Gasteiger partial charge in [0.1, 0.15) is 18.5 Å². The van der Waals surface area contributed by atoms with Crippen LogP contribution in [0.3, 0.4) is 0 Å². The summed E-state index contributed by atoms with van der Waals surface area (Å²) in [5.41, 5.74) is 1.69. The summed E-state index contributed by atoms with van der Waals surface area (Å²) in [5, 5.41) is 0. The first kappa shape index (κ1) is 40.6. The van der Waals surface area contributed by atoms with Crippen molar-refractivity contribution < 1.29 is 37.0 Å². The smallest absolute Gasteiger partial charge is 0.416 e. The maximum absolute atomic E-state index is 13.8. The second-order valence-corrected chi connectivity index (χ2v) is 19.9. The molecule has 56 heavy (non-hydrogen) atoms. The first-order valence-corrected chi connectivity index (χ1v) is 20.8. The zero-order valence-electron chi connectivity index (χ0n) is 34.6. The van der Waals surface area contributed by atoms with Crippen LogP contribution in [0.25, 0.3) is 6.08 Å². The highest BCUT2D eigenvalue weighted by Gasteiger charge is 2.68. The Morgan fingerprint density at radius 3 is 2.27 bits per heavy atom. The van der Waals surface area contributed by atoms with Crippen LogP contribution in [-0.2, 0) is 31.8 Å². The third-order valence-electron chi connectivity index (χ3n) is 16.7. The number of allylic oxidation sites excluding steroid dienone is 2. The fraction of sp³-hybridized carbons (Fsp3) is 0.625. The van der Waals surface area contributed by atoms with E-state index in [1.807, 2.05) is 31.2 Å². The molecule has 304 valence electrons. The van der Waals surface area contributed by atoms with Crippen LogP contribution in [-0.4, -0.2) is 25.2 Å². The highest BCUT2D eigenvalue weighted by atomic mass is 19.4. The zero-order valence-corrected chi connectivity index (χ0v) is 34.6. The monoisotopic (exact) mass is 774 g/mol. The van der Waals surface area contributed by atoms with Crippen LogP contribution in [0.4, 0.5) is 13.2 Å². The molecule has 2 aromatic rings. The first-order valence-electron chi connectivity index (χ1n) is 20.8. The average molecular weight is 775 g/mol. The maximum Gasteiger partial charge on any atom is 0.416 e. The van der Waals surface area contributed by atoms with Gasteiger partial charge >= 0.3 is 18.1 Å². The fourth-order valence-corrected chi connectivity index (χ4v) is 12.9. The molecule has 0 aromatic heterocycles. The molecule has 7 rings (SSSR count). The molecule has 9 atom stereocenters. The van der Waals surface area contributed by atoms with Crippen molar-refractivity contribution in [2.24, 2.45) is 50.2 Å². The fourth-order valence-electron chi connectivity index (χ4n) is 12.9. The lowest BCUT2D eigenvalue weighted by atomic mass is 9.33. The predicted octanol–water partition coefficient (Wildman–Crippen LogP) is 12.2. The van der Waals surface area contributed by atoms with Gasteiger partial charge in [0, 0.05) is 11.5 Å². The van der Waals surface area contributed by atoms with Crippen LogP contribution >= 0.6 is 0 Å². The predicted molar refractivity (Wildman–Crippen MR) is 212 cm³/mol. The summed E-state index contributed by atoms with van der Waals surface area (Å²) in [4.78, 5) is 27.1. The Hall–Kier alpha value is -3.55. The van der Waals surface area contributed by atoms with Crippen molar-refractivity contribution in [1.82, 2.24) is 0 Å².